The molecule has 6 heteroatoms. The number of benzene rings is 1. The molecular weight excluding hydrogens is 260 g/mol. The number of urea groups is 1. The molecule has 0 radical (unpaired) electrons. The van der Waals surface area contributed by atoms with Crippen molar-refractivity contribution in [2.45, 2.75) is 26.3 Å². The van der Waals surface area contributed by atoms with Crippen LogP contribution in [0.15, 0.2) is 18.2 Å². The van der Waals surface area contributed by atoms with Crippen LogP contribution in [0.25, 0.3) is 0 Å². The lowest BCUT2D eigenvalue weighted by Crippen LogP contribution is -2.47. The van der Waals surface area contributed by atoms with Crippen LogP contribution < -0.4 is 10.2 Å². The first-order chi connectivity index (χ1) is 9.35. The van der Waals surface area contributed by atoms with Crippen LogP contribution in [0.5, 0.6) is 0 Å². The van der Waals surface area contributed by atoms with Gasteiger partial charge in [0.25, 0.3) is 0 Å². The van der Waals surface area contributed by atoms with Crippen LogP contribution in [0.4, 0.5) is 10.5 Å². The fourth-order valence-corrected chi connectivity index (χ4v) is 1.89. The fraction of sp³-hybridized carbons (Fsp3) is 0.429. The number of aliphatic hydroxyl groups excluding tert-OH is 1. The van der Waals surface area contributed by atoms with Crippen molar-refractivity contribution in [1.29, 1.82) is 0 Å². The minimum atomic E-state index is -1.17. The van der Waals surface area contributed by atoms with E-state index in [0.29, 0.717) is 5.69 Å². The van der Waals surface area contributed by atoms with Crippen molar-refractivity contribution in [2.24, 2.45) is 0 Å². The topological polar surface area (TPSA) is 89.9 Å². The van der Waals surface area contributed by atoms with Gasteiger partial charge in [0.15, 0.2) is 0 Å². The van der Waals surface area contributed by atoms with E-state index in [1.807, 2.05) is 32.0 Å². The van der Waals surface area contributed by atoms with Gasteiger partial charge in [-0.3, -0.25) is 4.90 Å². The quantitative estimate of drug-likeness (QED) is 0.758. The van der Waals surface area contributed by atoms with E-state index in [1.165, 1.54) is 4.90 Å². The molecule has 0 bridgehead atoms. The number of carbonyl (C=O) groups excluding carboxylic acids is 1. The first kappa shape index (κ1) is 16.0. The smallest absolute Gasteiger partial charge is 0.326 e. The van der Waals surface area contributed by atoms with Crippen LogP contribution >= 0.6 is 0 Å². The van der Waals surface area contributed by atoms with E-state index in [4.69, 9.17) is 10.2 Å². The molecule has 110 valence electrons. The maximum absolute atomic E-state index is 12.0. The molecule has 2 amide bonds. The Morgan fingerprint density at radius 2 is 1.80 bits per heavy atom. The molecule has 20 heavy (non-hydrogen) atoms. The number of carboxylic acid groups (broad SMARTS) is 1. The minimum Gasteiger partial charge on any atom is -0.480 e. The van der Waals surface area contributed by atoms with Crippen LogP contribution in [-0.4, -0.2) is 41.9 Å². The minimum absolute atomic E-state index is 0.0260. The third-order valence-electron chi connectivity index (χ3n) is 2.91. The summed E-state index contributed by atoms with van der Waals surface area (Å²) in [6.07, 6.45) is -0.0260. The molecule has 0 heterocycles. The molecule has 0 aliphatic rings. The number of carbonyl (C=O) groups is 2. The Bertz CT molecular complexity index is 482. The standard InChI is InChI=1S/C14H20N2O4/c1-9-6-10(2)8-11(7-9)16(3)14(20)15-12(4-5-17)13(18)19/h6-8,12,17H,4-5H2,1-3H3,(H,15,20)(H,18,19). The van der Waals surface area contributed by atoms with Gasteiger partial charge in [0.1, 0.15) is 6.04 Å². The highest BCUT2D eigenvalue weighted by molar-refractivity contribution is 5.94. The van der Waals surface area contributed by atoms with Crippen molar-refractivity contribution in [2.75, 3.05) is 18.6 Å². The zero-order valence-electron chi connectivity index (χ0n) is 11.9. The third-order valence-corrected chi connectivity index (χ3v) is 2.91. The largest absolute Gasteiger partial charge is 0.480 e. The van der Waals surface area contributed by atoms with Gasteiger partial charge in [-0.1, -0.05) is 6.07 Å². The number of anilines is 1. The van der Waals surface area contributed by atoms with Gasteiger partial charge in [-0.15, -0.1) is 0 Å². The van der Waals surface area contributed by atoms with E-state index in [0.717, 1.165) is 11.1 Å². The number of nitrogens with zero attached hydrogens (tertiary/aromatic N) is 1. The predicted molar refractivity (Wildman–Crippen MR) is 76.0 cm³/mol. The molecule has 3 N–H and O–H groups in total. The number of amides is 2. The highest BCUT2D eigenvalue weighted by atomic mass is 16.4. The first-order valence-electron chi connectivity index (χ1n) is 6.31. The van der Waals surface area contributed by atoms with Crippen molar-refractivity contribution in [3.05, 3.63) is 29.3 Å². The van der Waals surface area contributed by atoms with Gasteiger partial charge >= 0.3 is 12.0 Å². The Balaban J connectivity index is 2.82. The maximum atomic E-state index is 12.0. The summed E-state index contributed by atoms with van der Waals surface area (Å²) in [5.41, 5.74) is 2.72. The molecule has 0 aliphatic carbocycles. The molecule has 0 fully saturated rings. The van der Waals surface area contributed by atoms with E-state index in [9.17, 15) is 9.59 Å². The second kappa shape index (κ2) is 6.91. The van der Waals surface area contributed by atoms with Crippen LogP contribution in [0, 0.1) is 13.8 Å². The highest BCUT2D eigenvalue weighted by Crippen LogP contribution is 2.17. The first-order valence-corrected chi connectivity index (χ1v) is 6.31. The Morgan fingerprint density at radius 3 is 2.25 bits per heavy atom. The third kappa shape index (κ3) is 4.24. The van der Waals surface area contributed by atoms with Gasteiger partial charge in [-0.05, 0) is 37.1 Å². The summed E-state index contributed by atoms with van der Waals surface area (Å²) >= 11 is 0. The molecule has 1 rings (SSSR count). The molecule has 1 unspecified atom stereocenters. The van der Waals surface area contributed by atoms with E-state index in [-0.39, 0.29) is 13.0 Å². The maximum Gasteiger partial charge on any atom is 0.326 e. The van der Waals surface area contributed by atoms with Crippen LogP contribution in [0.3, 0.4) is 0 Å². The van der Waals surface area contributed by atoms with Gasteiger partial charge in [0, 0.05) is 25.8 Å². The van der Waals surface area contributed by atoms with Crippen LogP contribution in [-0.2, 0) is 4.79 Å². The Hall–Kier alpha value is -2.08. The van der Waals surface area contributed by atoms with E-state index in [1.54, 1.807) is 7.05 Å². The Labute approximate surface area is 118 Å². The number of aryl methyl sites for hydroxylation is 2. The van der Waals surface area contributed by atoms with Gasteiger partial charge in [0.2, 0.25) is 0 Å². The monoisotopic (exact) mass is 280 g/mol. The molecule has 1 atom stereocenters. The van der Waals surface area contributed by atoms with Gasteiger partial charge in [-0.2, -0.15) is 0 Å². The summed E-state index contributed by atoms with van der Waals surface area (Å²) in [5, 5.41) is 20.1. The van der Waals surface area contributed by atoms with E-state index < -0.39 is 18.0 Å². The summed E-state index contributed by atoms with van der Waals surface area (Å²) in [7, 11) is 1.57. The molecule has 6 nitrogen and oxygen atoms in total. The molecule has 0 saturated heterocycles. The summed E-state index contributed by atoms with van der Waals surface area (Å²) in [5.74, 6) is -1.17. The Morgan fingerprint density at radius 1 is 1.25 bits per heavy atom. The number of hydrogen-bond acceptors (Lipinski definition) is 3. The van der Waals surface area contributed by atoms with Crippen molar-refractivity contribution in [3.8, 4) is 0 Å². The molecule has 0 aliphatic heterocycles. The van der Waals surface area contributed by atoms with Crippen molar-refractivity contribution in [1.82, 2.24) is 5.32 Å². The number of nitrogens with one attached hydrogen (secondary N) is 1. The van der Waals surface area contributed by atoms with Gasteiger partial charge in [-0.25, -0.2) is 9.59 Å². The average Bonchev–Trinajstić information content (AvgIpc) is 2.35. The van der Waals surface area contributed by atoms with Crippen LogP contribution in [0.1, 0.15) is 17.5 Å². The normalized spacial score (nSPS) is 11.8. The number of aliphatic hydroxyl groups is 1. The highest BCUT2D eigenvalue weighted by Gasteiger charge is 2.21. The van der Waals surface area contributed by atoms with E-state index >= 15 is 0 Å². The van der Waals surface area contributed by atoms with Crippen molar-refractivity contribution >= 4 is 17.7 Å². The fourth-order valence-electron chi connectivity index (χ4n) is 1.89. The second-order valence-electron chi connectivity index (χ2n) is 4.76. The SMILES string of the molecule is Cc1cc(C)cc(N(C)C(=O)NC(CCO)C(=O)O)c1. The number of hydrogen-bond donors (Lipinski definition) is 3. The summed E-state index contributed by atoms with van der Waals surface area (Å²) in [6.45, 7) is 3.55. The number of aliphatic carboxylic acids is 1. The van der Waals surface area contributed by atoms with Gasteiger partial charge in [0.05, 0.1) is 0 Å². The Kier molecular flexibility index (Phi) is 5.52. The van der Waals surface area contributed by atoms with Crippen LogP contribution in [0.2, 0.25) is 0 Å². The van der Waals surface area contributed by atoms with Crippen molar-refractivity contribution < 1.29 is 19.8 Å². The zero-order valence-corrected chi connectivity index (χ0v) is 11.9. The summed E-state index contributed by atoms with van der Waals surface area (Å²) in [4.78, 5) is 24.3. The number of carboxylic acids is 1. The van der Waals surface area contributed by atoms with E-state index in [2.05, 4.69) is 5.32 Å². The summed E-state index contributed by atoms with van der Waals surface area (Å²) in [6, 6.07) is 4.06. The molecule has 0 aromatic heterocycles. The zero-order chi connectivity index (χ0) is 15.3. The summed E-state index contributed by atoms with van der Waals surface area (Å²) < 4.78 is 0. The average molecular weight is 280 g/mol. The van der Waals surface area contributed by atoms with Gasteiger partial charge < -0.3 is 15.5 Å². The predicted octanol–water partition coefficient (Wildman–Crippen LogP) is 1.28. The number of rotatable bonds is 5. The molecule has 1 aromatic rings. The molecule has 1 aromatic carbocycles. The second-order valence-corrected chi connectivity index (χ2v) is 4.76. The van der Waals surface area contributed by atoms with Crippen molar-refractivity contribution in [3.63, 3.8) is 0 Å². The molecular formula is C14H20N2O4. The molecule has 0 spiro atoms. The lowest BCUT2D eigenvalue weighted by atomic mass is 10.1. The molecule has 0 saturated carbocycles. The lowest BCUT2D eigenvalue weighted by molar-refractivity contribution is -0.139. The lowest BCUT2D eigenvalue weighted by Gasteiger charge is -2.22.